The summed E-state index contributed by atoms with van der Waals surface area (Å²) in [6, 6.07) is 10.9. The predicted octanol–water partition coefficient (Wildman–Crippen LogP) is 4.59. The molecule has 0 saturated carbocycles. The summed E-state index contributed by atoms with van der Waals surface area (Å²) in [6.07, 6.45) is 1.13. The summed E-state index contributed by atoms with van der Waals surface area (Å²) < 4.78 is 57.9. The number of benzene rings is 2. The Morgan fingerprint density at radius 2 is 1.67 bits per heavy atom. The number of aromatic nitrogens is 1. The van der Waals surface area contributed by atoms with Gasteiger partial charge in [0.15, 0.2) is 0 Å². The van der Waals surface area contributed by atoms with Crippen molar-refractivity contribution in [2.24, 2.45) is 0 Å². The summed E-state index contributed by atoms with van der Waals surface area (Å²) >= 11 is 0. The van der Waals surface area contributed by atoms with Gasteiger partial charge in [0.1, 0.15) is 17.3 Å². The smallest absolute Gasteiger partial charge is 0.328 e. The molecule has 2 aromatic carbocycles. The van der Waals surface area contributed by atoms with Gasteiger partial charge in [0.25, 0.3) is 0 Å². The van der Waals surface area contributed by atoms with Gasteiger partial charge < -0.3 is 5.11 Å². The Bertz CT molecular complexity index is 1070. The molecule has 1 heterocycles. The molecule has 0 unspecified atom stereocenters. The maximum atomic E-state index is 15.2. The number of aryl methyl sites for hydroxylation is 1. The molecule has 0 aliphatic heterocycles. The van der Waals surface area contributed by atoms with Gasteiger partial charge in [-0.15, -0.1) is 0 Å². The summed E-state index contributed by atoms with van der Waals surface area (Å²) in [6.45, 7) is 0.167. The fraction of sp³-hybridized carbons (Fsp3) is 0.190. The molecule has 5 nitrogen and oxygen atoms in total. The van der Waals surface area contributed by atoms with Crippen LogP contribution in [0.15, 0.2) is 60.8 Å². The number of hydrogen-bond acceptors (Lipinski definition) is 4. The van der Waals surface area contributed by atoms with Gasteiger partial charge in [-0.25, -0.2) is 8.78 Å². The first-order valence-electron chi connectivity index (χ1n) is 8.76. The van der Waals surface area contributed by atoms with Crippen molar-refractivity contribution < 1.29 is 27.6 Å². The van der Waals surface area contributed by atoms with Crippen LogP contribution in [0.25, 0.3) is 11.1 Å². The second-order valence-corrected chi connectivity index (χ2v) is 6.85. The lowest BCUT2D eigenvalue weighted by atomic mass is 9.84. The molecule has 1 atom stereocenters. The van der Waals surface area contributed by atoms with E-state index in [0.29, 0.717) is 23.3 Å². The average Bonchev–Trinajstić information content (AvgIpc) is 2.68. The summed E-state index contributed by atoms with van der Waals surface area (Å²) in [5, 5.41) is 21.6. The highest BCUT2D eigenvalue weighted by Gasteiger charge is 2.60. The van der Waals surface area contributed by atoms with E-state index >= 15 is 8.78 Å². The lowest BCUT2D eigenvalue weighted by Crippen LogP contribution is -2.49. The van der Waals surface area contributed by atoms with E-state index in [1.54, 1.807) is 12.1 Å². The Morgan fingerprint density at radius 3 is 2.20 bits per heavy atom. The van der Waals surface area contributed by atoms with Gasteiger partial charge in [-0.05, 0) is 30.7 Å². The van der Waals surface area contributed by atoms with Gasteiger partial charge in [0, 0.05) is 28.3 Å². The largest absolute Gasteiger partial charge is 0.373 e. The van der Waals surface area contributed by atoms with Gasteiger partial charge >= 0.3 is 5.92 Å². The van der Waals surface area contributed by atoms with Crippen LogP contribution in [0.5, 0.6) is 0 Å². The normalized spacial score (nSPS) is 13.7. The first-order valence-corrected chi connectivity index (χ1v) is 8.76. The number of nitro groups is 1. The van der Waals surface area contributed by atoms with Crippen LogP contribution in [0.3, 0.4) is 0 Å². The Morgan fingerprint density at radius 1 is 1.03 bits per heavy atom. The lowest BCUT2D eigenvalue weighted by Gasteiger charge is -2.32. The molecule has 0 bridgehead atoms. The Labute approximate surface area is 168 Å². The van der Waals surface area contributed by atoms with E-state index < -0.39 is 45.9 Å². The minimum absolute atomic E-state index is 0.268. The van der Waals surface area contributed by atoms with Gasteiger partial charge in [-0.2, -0.15) is 8.78 Å². The first kappa shape index (κ1) is 21.4. The van der Waals surface area contributed by atoms with Crippen LogP contribution in [0.4, 0.5) is 17.6 Å². The van der Waals surface area contributed by atoms with Crippen molar-refractivity contribution in [2.75, 3.05) is 6.54 Å². The molecule has 0 radical (unpaired) electrons. The van der Waals surface area contributed by atoms with Gasteiger partial charge in [0.05, 0.1) is 0 Å². The Hall–Kier alpha value is -3.33. The quantitative estimate of drug-likeness (QED) is 0.360. The van der Waals surface area contributed by atoms with E-state index in [0.717, 1.165) is 17.8 Å². The van der Waals surface area contributed by atoms with Gasteiger partial charge in [-0.3, -0.25) is 15.1 Å². The molecule has 0 saturated heterocycles. The fourth-order valence-corrected chi connectivity index (χ4v) is 3.07. The van der Waals surface area contributed by atoms with Crippen LogP contribution < -0.4 is 0 Å². The monoisotopic (exact) mass is 420 g/mol. The second kappa shape index (κ2) is 7.83. The van der Waals surface area contributed by atoms with Crippen LogP contribution in [-0.4, -0.2) is 21.6 Å². The molecule has 1 N–H and O–H groups in total. The molecule has 30 heavy (non-hydrogen) atoms. The average molecular weight is 420 g/mol. The number of pyridine rings is 1. The maximum Gasteiger partial charge on any atom is 0.328 e. The second-order valence-electron chi connectivity index (χ2n) is 6.85. The van der Waals surface area contributed by atoms with E-state index in [4.69, 9.17) is 0 Å². The molecule has 3 rings (SSSR count). The van der Waals surface area contributed by atoms with Crippen LogP contribution in [0.1, 0.15) is 16.8 Å². The summed E-state index contributed by atoms with van der Waals surface area (Å²) in [4.78, 5) is 13.5. The number of halogens is 4. The zero-order valence-electron chi connectivity index (χ0n) is 15.7. The zero-order valence-corrected chi connectivity index (χ0v) is 15.7. The van der Waals surface area contributed by atoms with Gasteiger partial charge in [0.2, 0.25) is 12.1 Å². The molecule has 9 heteroatoms. The third-order valence-electron chi connectivity index (χ3n) is 4.72. The van der Waals surface area contributed by atoms with Crippen molar-refractivity contribution in [3.05, 3.63) is 99.4 Å². The van der Waals surface area contributed by atoms with Crippen LogP contribution >= 0.6 is 0 Å². The minimum atomic E-state index is -4.36. The van der Waals surface area contributed by atoms with E-state index in [1.807, 2.05) is 19.1 Å². The molecule has 156 valence electrons. The van der Waals surface area contributed by atoms with Crippen LogP contribution in [-0.2, 0) is 11.5 Å². The van der Waals surface area contributed by atoms with Gasteiger partial charge in [-0.1, -0.05) is 35.9 Å². The van der Waals surface area contributed by atoms with Crippen molar-refractivity contribution >= 4 is 0 Å². The molecular weight excluding hydrogens is 404 g/mol. The van der Waals surface area contributed by atoms with Crippen molar-refractivity contribution in [3.63, 3.8) is 0 Å². The maximum absolute atomic E-state index is 15.2. The number of alkyl halides is 2. The minimum Gasteiger partial charge on any atom is -0.373 e. The summed E-state index contributed by atoms with van der Waals surface area (Å²) in [5.41, 5.74) is -3.48. The zero-order chi connectivity index (χ0) is 22.1. The number of hydrogen-bond donors (Lipinski definition) is 1. The molecular formula is C21H16F4N2O3. The SMILES string of the molecule is Cc1ccc(-c2ccc(C(F)(F)[C@](O)(C[N+](=O)[O-])c3ccc(F)cc3F)nc2)cc1. The Balaban J connectivity index is 2.06. The molecule has 3 aromatic rings. The topological polar surface area (TPSA) is 76.3 Å². The van der Waals surface area contributed by atoms with Crippen molar-refractivity contribution in [1.29, 1.82) is 0 Å². The van der Waals surface area contributed by atoms with E-state index in [9.17, 15) is 24.0 Å². The van der Waals surface area contributed by atoms with Crippen LogP contribution in [0, 0.1) is 28.7 Å². The molecule has 0 aliphatic rings. The third kappa shape index (κ3) is 3.88. The summed E-state index contributed by atoms with van der Waals surface area (Å²) in [7, 11) is 0. The number of rotatable bonds is 6. The van der Waals surface area contributed by atoms with E-state index in [-0.39, 0.29) is 6.07 Å². The predicted molar refractivity (Wildman–Crippen MR) is 100 cm³/mol. The highest BCUT2D eigenvalue weighted by atomic mass is 19.3. The van der Waals surface area contributed by atoms with Crippen molar-refractivity contribution in [2.45, 2.75) is 18.4 Å². The van der Waals surface area contributed by atoms with E-state index in [1.165, 1.54) is 6.07 Å². The van der Waals surface area contributed by atoms with Crippen molar-refractivity contribution in [3.8, 4) is 11.1 Å². The first-order chi connectivity index (χ1) is 14.0. The third-order valence-corrected chi connectivity index (χ3v) is 4.72. The molecule has 0 amide bonds. The Kier molecular flexibility index (Phi) is 5.58. The summed E-state index contributed by atoms with van der Waals surface area (Å²) in [5.74, 6) is -6.97. The molecule has 0 aliphatic carbocycles. The molecule has 0 spiro atoms. The highest BCUT2D eigenvalue weighted by molar-refractivity contribution is 5.62. The lowest BCUT2D eigenvalue weighted by molar-refractivity contribution is -0.514. The molecule has 1 aromatic heterocycles. The van der Waals surface area contributed by atoms with Crippen LogP contribution in [0.2, 0.25) is 0 Å². The fourth-order valence-electron chi connectivity index (χ4n) is 3.07. The van der Waals surface area contributed by atoms with E-state index in [2.05, 4.69) is 4.98 Å². The van der Waals surface area contributed by atoms with Crippen molar-refractivity contribution in [1.82, 2.24) is 4.98 Å². The highest BCUT2D eigenvalue weighted by Crippen LogP contribution is 2.46. The number of nitrogens with zero attached hydrogens (tertiary/aromatic N) is 2. The number of aliphatic hydroxyl groups is 1. The standard InChI is InChI=1S/C21H16F4N2O3/c1-13-2-4-14(5-3-13)15-6-9-19(26-11-15)21(24,25)20(28,12-27(29)30)17-8-7-16(22)10-18(17)23/h2-11,28H,12H2,1H3/t20-/m0/s1. The molecule has 0 fully saturated rings.